The zero-order valence-corrected chi connectivity index (χ0v) is 12.0. The van der Waals surface area contributed by atoms with Crippen molar-refractivity contribution in [2.75, 3.05) is 0 Å². The topological polar surface area (TPSA) is 66.4 Å². The zero-order chi connectivity index (χ0) is 14.4. The summed E-state index contributed by atoms with van der Waals surface area (Å²) in [5.74, 6) is -2.07. The molecule has 1 aromatic rings. The van der Waals surface area contributed by atoms with Crippen LogP contribution < -0.4 is 5.32 Å². The molecule has 104 valence electrons. The number of hydrogen-bond donors (Lipinski definition) is 2. The lowest BCUT2D eigenvalue weighted by Crippen LogP contribution is -2.40. The smallest absolute Gasteiger partial charge is 0.326 e. The summed E-state index contributed by atoms with van der Waals surface area (Å²) < 4.78 is 13.2. The van der Waals surface area contributed by atoms with E-state index in [0.717, 1.165) is 18.6 Å². The van der Waals surface area contributed by atoms with E-state index in [-0.39, 0.29) is 5.56 Å². The first-order valence-electron chi connectivity index (χ1n) is 5.94. The molecule has 19 heavy (non-hydrogen) atoms. The molecule has 0 spiro atoms. The Balaban J connectivity index is 2.78. The maximum atomic E-state index is 12.9. The second-order valence-electron chi connectivity index (χ2n) is 4.13. The van der Waals surface area contributed by atoms with Crippen molar-refractivity contribution in [3.8, 4) is 0 Å². The van der Waals surface area contributed by atoms with Crippen molar-refractivity contribution >= 4 is 27.8 Å². The molecule has 0 fully saturated rings. The predicted octanol–water partition coefficient (Wildman–Crippen LogP) is 2.96. The van der Waals surface area contributed by atoms with Gasteiger partial charge in [-0.05, 0) is 40.5 Å². The first-order valence-corrected chi connectivity index (χ1v) is 6.73. The minimum absolute atomic E-state index is 0.212. The van der Waals surface area contributed by atoms with Crippen molar-refractivity contribution < 1.29 is 19.1 Å². The van der Waals surface area contributed by atoms with Gasteiger partial charge in [0.1, 0.15) is 11.9 Å². The highest BCUT2D eigenvalue weighted by atomic mass is 79.9. The molecular formula is C13H15BrFNO3. The molecule has 0 bridgehead atoms. The van der Waals surface area contributed by atoms with Crippen molar-refractivity contribution in [3.05, 3.63) is 34.1 Å². The molecule has 1 atom stereocenters. The van der Waals surface area contributed by atoms with Crippen LogP contribution in [0.3, 0.4) is 0 Å². The molecule has 1 unspecified atom stereocenters. The Morgan fingerprint density at radius 3 is 2.68 bits per heavy atom. The van der Waals surface area contributed by atoms with E-state index < -0.39 is 23.7 Å². The van der Waals surface area contributed by atoms with Crippen LogP contribution in [0.4, 0.5) is 4.39 Å². The van der Waals surface area contributed by atoms with Gasteiger partial charge in [-0.1, -0.05) is 19.8 Å². The minimum Gasteiger partial charge on any atom is -0.480 e. The van der Waals surface area contributed by atoms with Crippen LogP contribution in [0.25, 0.3) is 0 Å². The monoisotopic (exact) mass is 331 g/mol. The number of nitrogens with one attached hydrogen (secondary N) is 1. The standard InChI is InChI=1S/C13H15BrFNO3/c1-2-3-4-11(13(18)19)16-12(17)9-6-5-8(15)7-10(9)14/h5-7,11H,2-4H2,1H3,(H,16,17)(H,18,19). The quantitative estimate of drug-likeness (QED) is 0.842. The Morgan fingerprint density at radius 1 is 1.47 bits per heavy atom. The van der Waals surface area contributed by atoms with E-state index in [0.29, 0.717) is 17.3 Å². The summed E-state index contributed by atoms with van der Waals surface area (Å²) in [5.41, 5.74) is 0.212. The average molecular weight is 332 g/mol. The summed E-state index contributed by atoms with van der Waals surface area (Å²) in [6, 6.07) is 2.70. The van der Waals surface area contributed by atoms with Crippen molar-refractivity contribution in [2.24, 2.45) is 0 Å². The number of aliphatic carboxylic acids is 1. The maximum absolute atomic E-state index is 12.9. The van der Waals surface area contributed by atoms with Crippen LogP contribution in [-0.4, -0.2) is 23.0 Å². The SMILES string of the molecule is CCCCC(NC(=O)c1ccc(F)cc1Br)C(=O)O. The lowest BCUT2D eigenvalue weighted by molar-refractivity contribution is -0.139. The molecule has 6 heteroatoms. The van der Waals surface area contributed by atoms with Gasteiger partial charge >= 0.3 is 5.97 Å². The number of carboxylic acid groups (broad SMARTS) is 1. The van der Waals surface area contributed by atoms with Crippen molar-refractivity contribution in [1.29, 1.82) is 0 Å². The lowest BCUT2D eigenvalue weighted by Gasteiger charge is -2.14. The number of carboxylic acids is 1. The Kier molecular flexibility index (Phi) is 5.95. The Morgan fingerprint density at radius 2 is 2.16 bits per heavy atom. The normalized spacial score (nSPS) is 11.9. The fourth-order valence-electron chi connectivity index (χ4n) is 1.58. The van der Waals surface area contributed by atoms with Gasteiger partial charge in [0.15, 0.2) is 0 Å². The molecule has 2 N–H and O–H groups in total. The van der Waals surface area contributed by atoms with Crippen LogP contribution in [0.2, 0.25) is 0 Å². The summed E-state index contributed by atoms with van der Waals surface area (Å²) in [5, 5.41) is 11.5. The van der Waals surface area contributed by atoms with E-state index in [2.05, 4.69) is 21.2 Å². The summed E-state index contributed by atoms with van der Waals surface area (Å²) in [6.07, 6.45) is 1.93. The van der Waals surface area contributed by atoms with E-state index in [1.807, 2.05) is 6.92 Å². The number of hydrogen-bond acceptors (Lipinski definition) is 2. The molecule has 0 radical (unpaired) electrons. The van der Waals surface area contributed by atoms with E-state index in [9.17, 15) is 14.0 Å². The maximum Gasteiger partial charge on any atom is 0.326 e. The van der Waals surface area contributed by atoms with Crippen LogP contribution in [0, 0.1) is 5.82 Å². The number of halogens is 2. The zero-order valence-electron chi connectivity index (χ0n) is 10.5. The van der Waals surface area contributed by atoms with Gasteiger partial charge < -0.3 is 10.4 Å². The van der Waals surface area contributed by atoms with Crippen LogP contribution in [-0.2, 0) is 4.79 Å². The first kappa shape index (κ1) is 15.6. The molecule has 1 aromatic carbocycles. The molecule has 0 aromatic heterocycles. The van der Waals surface area contributed by atoms with Crippen LogP contribution in [0.5, 0.6) is 0 Å². The summed E-state index contributed by atoms with van der Waals surface area (Å²) in [7, 11) is 0. The highest BCUT2D eigenvalue weighted by Gasteiger charge is 2.21. The molecule has 1 rings (SSSR count). The van der Waals surface area contributed by atoms with E-state index >= 15 is 0 Å². The Bertz CT molecular complexity index is 479. The Hall–Kier alpha value is -1.43. The lowest BCUT2D eigenvalue weighted by atomic mass is 10.1. The molecule has 0 heterocycles. The van der Waals surface area contributed by atoms with Crippen LogP contribution in [0.1, 0.15) is 36.5 Å². The molecular weight excluding hydrogens is 317 g/mol. The molecule has 0 saturated heterocycles. The molecule has 0 aliphatic rings. The average Bonchev–Trinajstić information content (AvgIpc) is 2.33. The second kappa shape index (κ2) is 7.23. The number of rotatable bonds is 6. The number of carbonyl (C=O) groups is 2. The summed E-state index contributed by atoms with van der Waals surface area (Å²) in [6.45, 7) is 1.94. The van der Waals surface area contributed by atoms with Crippen LogP contribution >= 0.6 is 15.9 Å². The largest absolute Gasteiger partial charge is 0.480 e. The molecule has 4 nitrogen and oxygen atoms in total. The van der Waals surface area contributed by atoms with Gasteiger partial charge in [-0.25, -0.2) is 9.18 Å². The van der Waals surface area contributed by atoms with Gasteiger partial charge in [0, 0.05) is 4.47 Å². The van der Waals surface area contributed by atoms with Gasteiger partial charge in [-0.2, -0.15) is 0 Å². The summed E-state index contributed by atoms with van der Waals surface area (Å²) in [4.78, 5) is 23.0. The fourth-order valence-corrected chi connectivity index (χ4v) is 2.11. The van der Waals surface area contributed by atoms with E-state index in [4.69, 9.17) is 5.11 Å². The highest BCUT2D eigenvalue weighted by molar-refractivity contribution is 9.10. The molecule has 0 saturated carbocycles. The van der Waals surface area contributed by atoms with Gasteiger partial charge in [-0.15, -0.1) is 0 Å². The van der Waals surface area contributed by atoms with Crippen molar-refractivity contribution in [2.45, 2.75) is 32.2 Å². The van der Waals surface area contributed by atoms with Gasteiger partial charge in [0.2, 0.25) is 0 Å². The molecule has 0 aliphatic carbocycles. The van der Waals surface area contributed by atoms with Gasteiger partial charge in [0.25, 0.3) is 5.91 Å². The highest BCUT2D eigenvalue weighted by Crippen LogP contribution is 2.18. The van der Waals surface area contributed by atoms with Crippen LogP contribution in [0.15, 0.2) is 22.7 Å². The summed E-state index contributed by atoms with van der Waals surface area (Å²) >= 11 is 3.08. The predicted molar refractivity (Wildman–Crippen MR) is 72.5 cm³/mol. The van der Waals surface area contributed by atoms with E-state index in [1.54, 1.807) is 0 Å². The fraction of sp³-hybridized carbons (Fsp3) is 0.385. The third kappa shape index (κ3) is 4.63. The van der Waals surface area contributed by atoms with Crippen molar-refractivity contribution in [3.63, 3.8) is 0 Å². The number of unbranched alkanes of at least 4 members (excludes halogenated alkanes) is 1. The number of amides is 1. The number of benzene rings is 1. The minimum atomic E-state index is -1.07. The molecule has 1 amide bonds. The van der Waals surface area contributed by atoms with Gasteiger partial charge in [-0.3, -0.25) is 4.79 Å². The Labute approximate surface area is 119 Å². The van der Waals surface area contributed by atoms with Crippen molar-refractivity contribution in [1.82, 2.24) is 5.32 Å². The molecule has 0 aliphatic heterocycles. The second-order valence-corrected chi connectivity index (χ2v) is 4.99. The van der Waals surface area contributed by atoms with Gasteiger partial charge in [0.05, 0.1) is 5.56 Å². The number of carbonyl (C=O) groups excluding carboxylic acids is 1. The third-order valence-electron chi connectivity index (χ3n) is 2.63. The van der Waals surface area contributed by atoms with E-state index in [1.165, 1.54) is 6.07 Å². The first-order chi connectivity index (χ1) is 8.95. The third-order valence-corrected chi connectivity index (χ3v) is 3.28.